The van der Waals surface area contributed by atoms with E-state index in [2.05, 4.69) is 29.6 Å². The van der Waals surface area contributed by atoms with Crippen LogP contribution in [0.3, 0.4) is 0 Å². The van der Waals surface area contributed by atoms with Crippen molar-refractivity contribution in [3.63, 3.8) is 0 Å². The minimum absolute atomic E-state index is 0. The third kappa shape index (κ3) is 4.86. The van der Waals surface area contributed by atoms with Gasteiger partial charge in [0, 0.05) is 23.2 Å². The number of nitrogens with one attached hydrogen (secondary N) is 2. The zero-order chi connectivity index (χ0) is 19.5. The van der Waals surface area contributed by atoms with E-state index < -0.39 is 0 Å². The van der Waals surface area contributed by atoms with Crippen molar-refractivity contribution in [2.24, 2.45) is 0 Å². The summed E-state index contributed by atoms with van der Waals surface area (Å²) in [7, 11) is 0. The molecule has 0 aliphatic carbocycles. The fraction of sp³-hybridized carbons (Fsp3) is 0.381. The molecule has 0 bridgehead atoms. The topological polar surface area (TPSA) is 71.8 Å². The molecule has 6 nitrogen and oxygen atoms in total. The molecule has 8 heteroatoms. The van der Waals surface area contributed by atoms with Gasteiger partial charge in [-0.1, -0.05) is 44.2 Å². The van der Waals surface area contributed by atoms with Gasteiger partial charge in [-0.25, -0.2) is 4.98 Å². The smallest absolute Gasteiger partial charge is 0.277 e. The fourth-order valence-corrected chi connectivity index (χ4v) is 4.45. The number of carbonyl (C=O) groups excluding carboxylic acids is 1. The maximum atomic E-state index is 12.7. The quantitative estimate of drug-likeness (QED) is 0.612. The lowest BCUT2D eigenvalue weighted by Gasteiger charge is -2.22. The van der Waals surface area contributed by atoms with Crippen LogP contribution in [0.1, 0.15) is 54.0 Å². The van der Waals surface area contributed by atoms with E-state index in [1.165, 1.54) is 16.2 Å². The van der Waals surface area contributed by atoms with Crippen LogP contribution < -0.4 is 10.6 Å². The molecule has 2 N–H and O–H groups in total. The summed E-state index contributed by atoms with van der Waals surface area (Å²) in [5.74, 6) is 0.113. The molecule has 1 fully saturated rings. The second-order valence-electron chi connectivity index (χ2n) is 7.39. The van der Waals surface area contributed by atoms with Crippen LogP contribution in [0.25, 0.3) is 11.3 Å². The Morgan fingerprint density at radius 3 is 2.76 bits per heavy atom. The van der Waals surface area contributed by atoms with E-state index in [1.807, 2.05) is 41.2 Å². The minimum Gasteiger partial charge on any atom is -0.315 e. The Bertz CT molecular complexity index is 947. The van der Waals surface area contributed by atoms with E-state index in [-0.39, 0.29) is 18.3 Å². The molecule has 3 aromatic rings. The number of carbonyl (C=O) groups is 1. The lowest BCUT2D eigenvalue weighted by molar-refractivity contribution is 0.102. The normalized spacial score (nSPS) is 16.4. The van der Waals surface area contributed by atoms with Gasteiger partial charge in [-0.3, -0.25) is 14.8 Å². The highest BCUT2D eigenvalue weighted by molar-refractivity contribution is 7.16. The van der Waals surface area contributed by atoms with Crippen LogP contribution in [0.2, 0.25) is 0 Å². The zero-order valence-corrected chi connectivity index (χ0v) is 18.2. The number of nitrogens with zero attached hydrogens (tertiary/aromatic N) is 3. The van der Waals surface area contributed by atoms with Crippen LogP contribution in [-0.2, 0) is 0 Å². The number of benzene rings is 1. The Labute approximate surface area is 181 Å². The molecule has 1 amide bonds. The van der Waals surface area contributed by atoms with Gasteiger partial charge in [-0.15, -0.1) is 23.7 Å². The van der Waals surface area contributed by atoms with Crippen molar-refractivity contribution < 1.29 is 4.79 Å². The van der Waals surface area contributed by atoms with Crippen molar-refractivity contribution in [1.29, 1.82) is 0 Å². The molecule has 1 aromatic carbocycles. The van der Waals surface area contributed by atoms with Crippen molar-refractivity contribution in [1.82, 2.24) is 20.1 Å². The fourth-order valence-electron chi connectivity index (χ4n) is 3.46. The first-order valence-corrected chi connectivity index (χ1v) is 10.6. The zero-order valence-electron chi connectivity index (χ0n) is 16.6. The molecule has 1 atom stereocenters. The van der Waals surface area contributed by atoms with E-state index in [0.717, 1.165) is 37.2 Å². The van der Waals surface area contributed by atoms with E-state index >= 15 is 0 Å². The van der Waals surface area contributed by atoms with E-state index in [0.29, 0.717) is 22.8 Å². The molecule has 0 radical (unpaired) electrons. The molecular formula is C21H26ClN5OS. The molecule has 1 unspecified atom stereocenters. The minimum atomic E-state index is -0.216. The monoisotopic (exact) mass is 431 g/mol. The summed E-state index contributed by atoms with van der Waals surface area (Å²) in [6.07, 6.45) is 4.11. The van der Waals surface area contributed by atoms with Gasteiger partial charge in [0.2, 0.25) is 0 Å². The maximum Gasteiger partial charge on any atom is 0.277 e. The Hall–Kier alpha value is -2.22. The summed E-state index contributed by atoms with van der Waals surface area (Å²) < 4.78 is 1.90. The molecule has 0 saturated carbocycles. The first kappa shape index (κ1) is 21.5. The average Bonchev–Trinajstić information content (AvgIpc) is 3.37. The predicted octanol–water partition coefficient (Wildman–Crippen LogP) is 4.73. The first-order valence-electron chi connectivity index (χ1n) is 9.75. The number of rotatable bonds is 5. The summed E-state index contributed by atoms with van der Waals surface area (Å²) in [5, 5.41) is 11.4. The lowest BCUT2D eigenvalue weighted by Crippen LogP contribution is -2.32. The second kappa shape index (κ2) is 9.52. The average molecular weight is 432 g/mol. The highest BCUT2D eigenvalue weighted by atomic mass is 35.5. The van der Waals surface area contributed by atoms with Crippen molar-refractivity contribution in [3.05, 3.63) is 53.2 Å². The number of piperidine rings is 1. The number of hydrogen-bond donors (Lipinski definition) is 2. The summed E-state index contributed by atoms with van der Waals surface area (Å²) >= 11 is 1.53. The number of halogens is 1. The number of aromatic nitrogens is 3. The second-order valence-corrected chi connectivity index (χ2v) is 8.42. The molecule has 0 spiro atoms. The molecule has 1 aliphatic heterocycles. The van der Waals surface area contributed by atoms with Gasteiger partial charge >= 0.3 is 0 Å². The molecule has 3 heterocycles. The van der Waals surface area contributed by atoms with Gasteiger partial charge in [-0.05, 0) is 31.4 Å². The predicted molar refractivity (Wildman–Crippen MR) is 120 cm³/mol. The molecular weight excluding hydrogens is 406 g/mol. The third-order valence-electron chi connectivity index (χ3n) is 4.93. The van der Waals surface area contributed by atoms with E-state index in [9.17, 15) is 4.79 Å². The molecule has 2 aromatic heterocycles. The molecule has 1 aliphatic rings. The van der Waals surface area contributed by atoms with Crippen LogP contribution in [-0.4, -0.2) is 33.8 Å². The van der Waals surface area contributed by atoms with Gasteiger partial charge in [0.05, 0.1) is 11.7 Å². The molecule has 1 saturated heterocycles. The van der Waals surface area contributed by atoms with Crippen LogP contribution in [0.15, 0.2) is 42.6 Å². The highest BCUT2D eigenvalue weighted by Crippen LogP contribution is 2.36. The summed E-state index contributed by atoms with van der Waals surface area (Å²) in [5.41, 5.74) is 2.43. The van der Waals surface area contributed by atoms with Gasteiger partial charge < -0.3 is 5.32 Å². The Morgan fingerprint density at radius 1 is 1.28 bits per heavy atom. The first-order chi connectivity index (χ1) is 13.6. The number of anilines is 1. The molecule has 29 heavy (non-hydrogen) atoms. The number of amides is 1. The number of hydrogen-bond acceptors (Lipinski definition) is 5. The van der Waals surface area contributed by atoms with Crippen LogP contribution in [0.5, 0.6) is 0 Å². The summed E-state index contributed by atoms with van der Waals surface area (Å²) in [6.45, 7) is 6.24. The Kier molecular flexibility index (Phi) is 7.05. The number of thiazole rings is 1. The molecule has 4 rings (SSSR count). The van der Waals surface area contributed by atoms with E-state index in [1.54, 1.807) is 6.07 Å². The summed E-state index contributed by atoms with van der Waals surface area (Å²) in [6, 6.07) is 12.2. The maximum absolute atomic E-state index is 12.7. The van der Waals surface area contributed by atoms with Crippen LogP contribution in [0.4, 0.5) is 5.13 Å². The molecule has 154 valence electrons. The SMILES string of the molecule is CC(C)c1sc(NC(=O)c2ccn(C3CCCNC3)n2)nc1-c1ccccc1.Cl. The highest BCUT2D eigenvalue weighted by Gasteiger charge is 2.20. The van der Waals surface area contributed by atoms with Gasteiger partial charge in [0.1, 0.15) is 0 Å². The van der Waals surface area contributed by atoms with Crippen molar-refractivity contribution in [2.75, 3.05) is 18.4 Å². The van der Waals surface area contributed by atoms with Gasteiger partial charge in [0.15, 0.2) is 10.8 Å². The standard InChI is InChI=1S/C21H25N5OS.ClH/c1-14(2)19-18(15-7-4-3-5-8-15)23-21(28-19)24-20(27)17-10-12-26(25-17)16-9-6-11-22-13-16;/h3-5,7-8,10,12,14,16,22H,6,9,11,13H2,1-2H3,(H,23,24,27);1H. The van der Waals surface area contributed by atoms with Crippen LogP contribution in [0, 0.1) is 0 Å². The summed E-state index contributed by atoms with van der Waals surface area (Å²) in [4.78, 5) is 18.6. The van der Waals surface area contributed by atoms with Crippen molar-refractivity contribution >= 4 is 34.8 Å². The lowest BCUT2D eigenvalue weighted by atomic mass is 10.1. The Balaban J connectivity index is 0.00000240. The third-order valence-corrected chi connectivity index (χ3v) is 6.20. The van der Waals surface area contributed by atoms with E-state index in [4.69, 9.17) is 4.98 Å². The van der Waals surface area contributed by atoms with Crippen LogP contribution >= 0.6 is 23.7 Å². The largest absolute Gasteiger partial charge is 0.315 e. The van der Waals surface area contributed by atoms with Gasteiger partial charge in [-0.2, -0.15) is 5.10 Å². The van der Waals surface area contributed by atoms with Gasteiger partial charge in [0.25, 0.3) is 5.91 Å². The van der Waals surface area contributed by atoms with Crippen molar-refractivity contribution in [3.8, 4) is 11.3 Å². The Morgan fingerprint density at radius 2 is 2.07 bits per heavy atom. The van der Waals surface area contributed by atoms with Crippen molar-refractivity contribution in [2.45, 2.75) is 38.6 Å².